The quantitative estimate of drug-likeness (QED) is 0.215. The maximum Gasteiger partial charge on any atom is 0.221 e. The summed E-state index contributed by atoms with van der Waals surface area (Å²) < 4.78 is 40.1. The molecular weight excluding hydrogens is 497 g/mol. The number of hydrogen-bond acceptors (Lipinski definition) is 10. The fourth-order valence-corrected chi connectivity index (χ4v) is 3.91. The van der Waals surface area contributed by atoms with Gasteiger partial charge in [-0.15, -0.1) is 0 Å². The van der Waals surface area contributed by atoms with Crippen molar-refractivity contribution in [3.05, 3.63) is 70.9 Å². The summed E-state index contributed by atoms with van der Waals surface area (Å²) in [4.78, 5) is 17.1. The van der Waals surface area contributed by atoms with Crippen molar-refractivity contribution in [1.82, 2.24) is 19.7 Å². The lowest BCUT2D eigenvalue weighted by Crippen LogP contribution is -2.36. The van der Waals surface area contributed by atoms with Gasteiger partial charge in [-0.1, -0.05) is 26.0 Å². The molecule has 2 aromatic heterocycles. The number of sulfonamides is 1. The number of nitrogens with two attached hydrogens (primary N) is 2. The van der Waals surface area contributed by atoms with Crippen molar-refractivity contribution in [2.45, 2.75) is 25.8 Å². The number of pyridine rings is 1. The molecule has 0 amide bonds. The van der Waals surface area contributed by atoms with Gasteiger partial charge in [-0.25, -0.2) is 27.5 Å². The predicted molar refractivity (Wildman–Crippen MR) is 140 cm³/mol. The zero-order valence-corrected chi connectivity index (χ0v) is 21.3. The topological polar surface area (TPSA) is 185 Å². The maximum atomic E-state index is 14.7. The summed E-state index contributed by atoms with van der Waals surface area (Å²) in [5, 5.41) is 12.8. The van der Waals surface area contributed by atoms with Crippen molar-refractivity contribution in [2.75, 3.05) is 18.5 Å². The molecule has 5 N–H and O–H groups in total. The lowest BCUT2D eigenvalue weighted by Gasteiger charge is -2.24. The summed E-state index contributed by atoms with van der Waals surface area (Å²) in [6, 6.07) is 13.0. The van der Waals surface area contributed by atoms with Crippen LogP contribution in [0.25, 0.3) is 11.3 Å². The second-order valence-electron chi connectivity index (χ2n) is 8.75. The second kappa shape index (κ2) is 11.2. The standard InChI is InChI=1S/C24H26FN9O2S/c1-24(2,14-30-37(3,35)36)21-9-5-7-16(31-21)12-29-13-20(34-28)19-10-18(32-23(27)33-19)17-8-4-6-15(11-26)22(17)25/h4-10,13,30H,12,14,28H2,1-3H3,(H2,27,32,33)/b29-13?,34-20+. The molecule has 1 aromatic carbocycles. The molecule has 192 valence electrons. The minimum Gasteiger partial charge on any atom is -0.368 e. The molecule has 11 nitrogen and oxygen atoms in total. The van der Waals surface area contributed by atoms with Crippen LogP contribution in [-0.4, -0.2) is 48.1 Å². The highest BCUT2D eigenvalue weighted by atomic mass is 32.2. The van der Waals surface area contributed by atoms with E-state index in [0.717, 1.165) is 6.26 Å². The molecule has 0 aliphatic rings. The number of nitrogens with zero attached hydrogens (tertiary/aromatic N) is 6. The van der Waals surface area contributed by atoms with Crippen molar-refractivity contribution >= 4 is 27.9 Å². The Labute approximate surface area is 214 Å². The molecule has 0 spiro atoms. The zero-order valence-electron chi connectivity index (χ0n) is 20.5. The third-order valence-electron chi connectivity index (χ3n) is 5.28. The number of aromatic nitrogens is 3. The van der Waals surface area contributed by atoms with Gasteiger partial charge in [0.15, 0.2) is 0 Å². The highest BCUT2D eigenvalue weighted by Crippen LogP contribution is 2.24. The Kier molecular flexibility index (Phi) is 8.26. The number of anilines is 1. The first-order valence-corrected chi connectivity index (χ1v) is 12.9. The Morgan fingerprint density at radius 3 is 2.62 bits per heavy atom. The molecule has 3 aromatic rings. The summed E-state index contributed by atoms with van der Waals surface area (Å²) in [6.07, 6.45) is 2.49. The van der Waals surface area contributed by atoms with E-state index in [0.29, 0.717) is 11.4 Å². The molecule has 0 atom stereocenters. The van der Waals surface area contributed by atoms with Crippen LogP contribution in [0.15, 0.2) is 52.6 Å². The fourth-order valence-electron chi connectivity index (χ4n) is 3.29. The second-order valence-corrected chi connectivity index (χ2v) is 10.6. The van der Waals surface area contributed by atoms with Gasteiger partial charge in [-0.3, -0.25) is 9.98 Å². The molecule has 0 aliphatic carbocycles. The average Bonchev–Trinajstić information content (AvgIpc) is 2.85. The summed E-state index contributed by atoms with van der Waals surface area (Å²) >= 11 is 0. The van der Waals surface area contributed by atoms with Crippen LogP contribution in [0.1, 0.15) is 36.5 Å². The van der Waals surface area contributed by atoms with Crippen LogP contribution in [0.2, 0.25) is 0 Å². The first-order valence-electron chi connectivity index (χ1n) is 11.0. The van der Waals surface area contributed by atoms with Crippen molar-refractivity contribution in [3.63, 3.8) is 0 Å². The minimum absolute atomic E-state index is 0.0803. The summed E-state index contributed by atoms with van der Waals surface area (Å²) in [6.45, 7) is 4.12. The number of hydrazone groups is 1. The van der Waals surface area contributed by atoms with E-state index < -0.39 is 21.3 Å². The molecule has 0 unspecified atom stereocenters. The predicted octanol–water partition coefficient (Wildman–Crippen LogP) is 1.89. The molecule has 0 fully saturated rings. The van der Waals surface area contributed by atoms with Crippen molar-refractivity contribution in [1.29, 1.82) is 5.26 Å². The van der Waals surface area contributed by atoms with Gasteiger partial charge in [0.1, 0.15) is 17.6 Å². The first kappa shape index (κ1) is 27.3. The largest absolute Gasteiger partial charge is 0.368 e. The highest BCUT2D eigenvalue weighted by molar-refractivity contribution is 7.88. The van der Waals surface area contributed by atoms with Crippen molar-refractivity contribution in [3.8, 4) is 17.3 Å². The van der Waals surface area contributed by atoms with Gasteiger partial charge < -0.3 is 11.6 Å². The van der Waals surface area contributed by atoms with Crippen LogP contribution < -0.4 is 16.3 Å². The van der Waals surface area contributed by atoms with Crippen LogP contribution >= 0.6 is 0 Å². The van der Waals surface area contributed by atoms with E-state index in [2.05, 4.69) is 29.8 Å². The molecule has 0 saturated heterocycles. The Bertz CT molecular complexity index is 1510. The van der Waals surface area contributed by atoms with E-state index in [-0.39, 0.29) is 47.3 Å². The Morgan fingerprint density at radius 1 is 1.22 bits per heavy atom. The maximum absolute atomic E-state index is 14.7. The average molecular weight is 524 g/mol. The third kappa shape index (κ3) is 7.12. The molecule has 0 bridgehead atoms. The van der Waals surface area contributed by atoms with E-state index in [1.807, 2.05) is 26.0 Å². The van der Waals surface area contributed by atoms with Gasteiger partial charge in [-0.05, 0) is 30.3 Å². The van der Waals surface area contributed by atoms with Gasteiger partial charge >= 0.3 is 0 Å². The molecule has 0 aliphatic heterocycles. The summed E-state index contributed by atoms with van der Waals surface area (Å²) in [7, 11) is -3.34. The number of nitrogen functional groups attached to an aromatic ring is 1. The molecule has 3 rings (SSSR count). The first-order chi connectivity index (χ1) is 17.4. The normalized spacial score (nSPS) is 12.6. The molecule has 2 heterocycles. The summed E-state index contributed by atoms with van der Waals surface area (Å²) in [5.74, 6) is 4.69. The zero-order chi connectivity index (χ0) is 27.2. The molecular formula is C24H26FN9O2S. The van der Waals surface area contributed by atoms with Crippen LogP contribution in [0.4, 0.5) is 10.3 Å². The number of aliphatic imine (C=N–C) groups is 1. The van der Waals surface area contributed by atoms with Gasteiger partial charge in [-0.2, -0.15) is 10.4 Å². The Hall–Kier alpha value is -4.28. The smallest absolute Gasteiger partial charge is 0.221 e. The Morgan fingerprint density at radius 2 is 1.95 bits per heavy atom. The van der Waals surface area contributed by atoms with Gasteiger partial charge in [0.25, 0.3) is 0 Å². The molecule has 13 heteroatoms. The van der Waals surface area contributed by atoms with E-state index in [4.69, 9.17) is 16.8 Å². The van der Waals surface area contributed by atoms with Gasteiger partial charge in [0.2, 0.25) is 16.0 Å². The fraction of sp³-hybridized carbons (Fsp3) is 0.250. The van der Waals surface area contributed by atoms with Crippen molar-refractivity contribution < 1.29 is 12.8 Å². The number of rotatable bonds is 9. The van der Waals surface area contributed by atoms with E-state index in [1.165, 1.54) is 30.5 Å². The van der Waals surface area contributed by atoms with Gasteiger partial charge in [0.05, 0.1) is 41.7 Å². The number of nitriles is 1. The summed E-state index contributed by atoms with van der Waals surface area (Å²) in [5.41, 5.74) is 7.10. The lowest BCUT2D eigenvalue weighted by atomic mass is 9.89. The van der Waals surface area contributed by atoms with Crippen LogP contribution in [-0.2, 0) is 22.0 Å². The number of halogens is 1. The van der Waals surface area contributed by atoms with E-state index in [1.54, 1.807) is 12.1 Å². The van der Waals surface area contributed by atoms with Crippen molar-refractivity contribution in [2.24, 2.45) is 15.9 Å². The SMILES string of the molecule is CC(C)(CNS(C)(=O)=O)c1cccc(CN=C/C(=N\N)c2cc(-c3cccc(C#N)c3F)nc(N)n2)n1. The lowest BCUT2D eigenvalue weighted by molar-refractivity contribution is 0.489. The molecule has 0 radical (unpaired) electrons. The molecule has 37 heavy (non-hydrogen) atoms. The monoisotopic (exact) mass is 523 g/mol. The molecule has 0 saturated carbocycles. The Balaban J connectivity index is 1.82. The number of hydrogen-bond donors (Lipinski definition) is 3. The highest BCUT2D eigenvalue weighted by Gasteiger charge is 2.24. The number of benzene rings is 1. The van der Waals surface area contributed by atoms with Crippen LogP contribution in [0, 0.1) is 17.1 Å². The van der Waals surface area contributed by atoms with E-state index >= 15 is 0 Å². The minimum atomic E-state index is -3.34. The van der Waals surface area contributed by atoms with Gasteiger partial charge in [0, 0.05) is 23.2 Å². The van der Waals surface area contributed by atoms with Crippen LogP contribution in [0.3, 0.4) is 0 Å². The number of nitrogens with one attached hydrogen (secondary N) is 1. The van der Waals surface area contributed by atoms with E-state index in [9.17, 15) is 12.8 Å². The third-order valence-corrected chi connectivity index (χ3v) is 5.95. The van der Waals surface area contributed by atoms with Crippen LogP contribution in [0.5, 0.6) is 0 Å².